The molecule has 1 aliphatic heterocycles. The lowest BCUT2D eigenvalue weighted by molar-refractivity contribution is 0.0582. The number of carbonyl (C=O) groups is 2. The fourth-order valence-corrected chi connectivity index (χ4v) is 4.74. The van der Waals surface area contributed by atoms with Gasteiger partial charge in [-0.2, -0.15) is 0 Å². The molecule has 0 unspecified atom stereocenters. The fourth-order valence-electron chi connectivity index (χ4n) is 4.74. The summed E-state index contributed by atoms with van der Waals surface area (Å²) in [7, 11) is 3.23. The standard InChI is InChI=1S/C28H30N4O5/c1-19-17-30(12-13-31(19)28(34)29-22-7-9-23(35-2)10-8-22)26(33)25-16-21-11-14-37-27(21)32(25)18-20-5-4-6-24(15-20)36-3/h4-11,14-16,19H,12-13,17-18H2,1-3H3,(H,29,34)/t19-/m0/s1. The highest BCUT2D eigenvalue weighted by atomic mass is 16.5. The van der Waals surface area contributed by atoms with Crippen LogP contribution < -0.4 is 14.8 Å². The third-order valence-corrected chi connectivity index (χ3v) is 6.71. The number of ether oxygens (including phenoxy) is 2. The molecule has 3 amide bonds. The number of fused-ring (bicyclic) bond motifs is 1. The Hall–Kier alpha value is -4.40. The molecular formula is C28H30N4O5. The van der Waals surface area contributed by atoms with Crippen molar-refractivity contribution >= 4 is 28.7 Å². The summed E-state index contributed by atoms with van der Waals surface area (Å²) in [5.74, 6) is 1.39. The van der Waals surface area contributed by atoms with Gasteiger partial charge in [0.2, 0.25) is 5.71 Å². The van der Waals surface area contributed by atoms with Gasteiger partial charge in [0, 0.05) is 36.7 Å². The Morgan fingerprint density at radius 3 is 2.51 bits per heavy atom. The van der Waals surface area contributed by atoms with Gasteiger partial charge in [-0.1, -0.05) is 12.1 Å². The topological polar surface area (TPSA) is 89.2 Å². The third-order valence-electron chi connectivity index (χ3n) is 6.71. The summed E-state index contributed by atoms with van der Waals surface area (Å²) in [6.45, 7) is 3.72. The number of amides is 3. The minimum absolute atomic E-state index is 0.0867. The van der Waals surface area contributed by atoms with Crippen LogP contribution in [0.5, 0.6) is 11.5 Å². The summed E-state index contributed by atoms with van der Waals surface area (Å²) >= 11 is 0. The monoisotopic (exact) mass is 502 g/mol. The molecule has 5 rings (SSSR count). The molecule has 37 heavy (non-hydrogen) atoms. The molecule has 1 atom stereocenters. The smallest absolute Gasteiger partial charge is 0.322 e. The van der Waals surface area contributed by atoms with Gasteiger partial charge in [0.15, 0.2) is 0 Å². The van der Waals surface area contributed by atoms with Crippen molar-refractivity contribution in [2.24, 2.45) is 0 Å². The van der Waals surface area contributed by atoms with Crippen molar-refractivity contribution in [2.75, 3.05) is 39.2 Å². The average molecular weight is 503 g/mol. The first kappa shape index (κ1) is 24.3. The van der Waals surface area contributed by atoms with E-state index in [1.807, 2.05) is 47.9 Å². The summed E-state index contributed by atoms with van der Waals surface area (Å²) in [6, 6.07) is 18.3. The Morgan fingerprint density at radius 1 is 1.00 bits per heavy atom. The first-order chi connectivity index (χ1) is 18.0. The number of methoxy groups -OCH3 is 2. The predicted octanol–water partition coefficient (Wildman–Crippen LogP) is 4.68. The van der Waals surface area contributed by atoms with E-state index in [0.717, 1.165) is 22.4 Å². The second kappa shape index (κ2) is 10.3. The van der Waals surface area contributed by atoms with E-state index < -0.39 is 0 Å². The second-order valence-corrected chi connectivity index (χ2v) is 9.10. The summed E-state index contributed by atoms with van der Waals surface area (Å²) in [5.41, 5.74) is 2.89. The van der Waals surface area contributed by atoms with Gasteiger partial charge in [-0.05, 0) is 61.0 Å². The minimum Gasteiger partial charge on any atom is -0.497 e. The predicted molar refractivity (Wildman–Crippen MR) is 140 cm³/mol. The highest BCUT2D eigenvalue weighted by Crippen LogP contribution is 2.26. The zero-order valence-electron chi connectivity index (χ0n) is 21.1. The summed E-state index contributed by atoms with van der Waals surface area (Å²) in [5, 5.41) is 3.80. The molecule has 1 aliphatic rings. The number of rotatable bonds is 6. The molecular weight excluding hydrogens is 472 g/mol. The molecule has 0 spiro atoms. The molecule has 1 fully saturated rings. The Balaban J connectivity index is 1.30. The number of nitrogens with one attached hydrogen (secondary N) is 1. The van der Waals surface area contributed by atoms with Crippen LogP contribution in [0.15, 0.2) is 71.3 Å². The van der Waals surface area contributed by atoms with Crippen molar-refractivity contribution in [1.29, 1.82) is 0 Å². The zero-order valence-corrected chi connectivity index (χ0v) is 21.1. The van der Waals surface area contributed by atoms with Crippen LogP contribution in [0, 0.1) is 0 Å². The van der Waals surface area contributed by atoms with Gasteiger partial charge >= 0.3 is 6.03 Å². The Kier molecular flexibility index (Phi) is 6.76. The van der Waals surface area contributed by atoms with Crippen LogP contribution in [0.25, 0.3) is 11.1 Å². The Bertz CT molecular complexity index is 1410. The van der Waals surface area contributed by atoms with Crippen molar-refractivity contribution < 1.29 is 23.5 Å². The van der Waals surface area contributed by atoms with E-state index in [-0.39, 0.29) is 18.0 Å². The lowest BCUT2D eigenvalue weighted by Gasteiger charge is -2.39. The lowest BCUT2D eigenvalue weighted by atomic mass is 10.1. The number of nitrogens with zero attached hydrogens (tertiary/aromatic N) is 3. The molecule has 9 heteroatoms. The SMILES string of the molecule is COc1ccc(NC(=O)N2CCN(C(=O)c3cc4ccoc4n3Cc3cccc(OC)c3)C[C@@H]2C)cc1. The summed E-state index contributed by atoms with van der Waals surface area (Å²) in [4.78, 5) is 30.2. The normalized spacial score (nSPS) is 15.6. The van der Waals surface area contributed by atoms with Crippen LogP contribution in [0.1, 0.15) is 23.0 Å². The van der Waals surface area contributed by atoms with Crippen LogP contribution in [-0.4, -0.2) is 66.2 Å². The maximum atomic E-state index is 13.7. The second-order valence-electron chi connectivity index (χ2n) is 9.10. The van der Waals surface area contributed by atoms with E-state index in [2.05, 4.69) is 5.32 Å². The van der Waals surface area contributed by atoms with Crippen LogP contribution in [0.2, 0.25) is 0 Å². The summed E-state index contributed by atoms with van der Waals surface area (Å²) < 4.78 is 18.2. The third kappa shape index (κ3) is 4.97. The first-order valence-corrected chi connectivity index (χ1v) is 12.2. The molecule has 3 heterocycles. The van der Waals surface area contributed by atoms with E-state index in [9.17, 15) is 9.59 Å². The molecule has 192 valence electrons. The van der Waals surface area contributed by atoms with E-state index in [1.54, 1.807) is 54.5 Å². The number of anilines is 1. The minimum atomic E-state index is -0.191. The quantitative estimate of drug-likeness (QED) is 0.414. The zero-order chi connectivity index (χ0) is 25.9. The lowest BCUT2D eigenvalue weighted by Crippen LogP contribution is -2.56. The van der Waals surface area contributed by atoms with Gasteiger partial charge in [-0.25, -0.2) is 4.79 Å². The molecule has 9 nitrogen and oxygen atoms in total. The van der Waals surface area contributed by atoms with Crippen LogP contribution in [0.3, 0.4) is 0 Å². The largest absolute Gasteiger partial charge is 0.497 e. The number of piperazine rings is 1. The molecule has 2 aromatic heterocycles. The molecule has 0 bridgehead atoms. The highest BCUT2D eigenvalue weighted by molar-refractivity contribution is 5.98. The molecule has 0 aliphatic carbocycles. The number of furan rings is 1. The average Bonchev–Trinajstić information content (AvgIpc) is 3.51. The van der Waals surface area contributed by atoms with E-state index in [0.29, 0.717) is 43.3 Å². The molecule has 2 aromatic carbocycles. The van der Waals surface area contributed by atoms with Gasteiger partial charge < -0.3 is 33.6 Å². The van der Waals surface area contributed by atoms with Gasteiger partial charge in [0.1, 0.15) is 17.2 Å². The van der Waals surface area contributed by atoms with E-state index in [4.69, 9.17) is 13.9 Å². The molecule has 1 N–H and O–H groups in total. The number of carbonyl (C=O) groups excluding carboxylic acids is 2. The van der Waals surface area contributed by atoms with Crippen LogP contribution >= 0.6 is 0 Å². The van der Waals surface area contributed by atoms with Crippen molar-refractivity contribution in [2.45, 2.75) is 19.5 Å². The van der Waals surface area contributed by atoms with Crippen molar-refractivity contribution in [3.63, 3.8) is 0 Å². The van der Waals surface area contributed by atoms with Gasteiger partial charge in [-0.3, -0.25) is 4.79 Å². The van der Waals surface area contributed by atoms with Crippen molar-refractivity contribution in [1.82, 2.24) is 14.4 Å². The number of hydrogen-bond donors (Lipinski definition) is 1. The highest BCUT2D eigenvalue weighted by Gasteiger charge is 2.32. The Morgan fingerprint density at radius 2 is 1.78 bits per heavy atom. The molecule has 0 radical (unpaired) electrons. The van der Waals surface area contributed by atoms with Gasteiger partial charge in [0.05, 0.1) is 27.0 Å². The number of aromatic nitrogens is 1. The molecule has 0 saturated carbocycles. The van der Waals surface area contributed by atoms with Crippen LogP contribution in [0.4, 0.5) is 10.5 Å². The van der Waals surface area contributed by atoms with Crippen molar-refractivity contribution in [3.05, 3.63) is 78.2 Å². The number of benzene rings is 2. The van der Waals surface area contributed by atoms with Gasteiger partial charge in [0.25, 0.3) is 5.91 Å². The van der Waals surface area contributed by atoms with Crippen molar-refractivity contribution in [3.8, 4) is 11.5 Å². The van der Waals surface area contributed by atoms with Crippen LogP contribution in [-0.2, 0) is 6.54 Å². The Labute approximate surface area is 215 Å². The number of urea groups is 1. The number of hydrogen-bond acceptors (Lipinski definition) is 5. The van der Waals surface area contributed by atoms with E-state index in [1.165, 1.54) is 0 Å². The molecule has 1 saturated heterocycles. The maximum Gasteiger partial charge on any atom is 0.322 e. The molecule has 4 aromatic rings. The summed E-state index contributed by atoms with van der Waals surface area (Å²) in [6.07, 6.45) is 1.63. The first-order valence-electron chi connectivity index (χ1n) is 12.2. The van der Waals surface area contributed by atoms with Gasteiger partial charge in [-0.15, -0.1) is 0 Å². The van der Waals surface area contributed by atoms with E-state index >= 15 is 0 Å². The fraction of sp³-hybridized carbons (Fsp3) is 0.286. The maximum absolute atomic E-state index is 13.7.